The van der Waals surface area contributed by atoms with Gasteiger partial charge in [0.2, 0.25) is 0 Å². The molecule has 0 aliphatic heterocycles. The number of benzene rings is 1. The average Bonchev–Trinajstić information content (AvgIpc) is 2.47. The van der Waals surface area contributed by atoms with Crippen LogP contribution in [-0.2, 0) is 10.3 Å². The van der Waals surface area contributed by atoms with E-state index in [2.05, 4.69) is 0 Å². The molecule has 2 rings (SSSR count). The molecule has 3 nitrogen and oxygen atoms in total. The van der Waals surface area contributed by atoms with Crippen LogP contribution in [0, 0.1) is 0 Å². The molecule has 16 heavy (non-hydrogen) atoms. The zero-order valence-electron chi connectivity index (χ0n) is 16.1. The molecule has 0 spiro atoms. The van der Waals surface area contributed by atoms with Crippen LogP contribution in [0.5, 0.6) is 0 Å². The van der Waals surface area contributed by atoms with E-state index in [1.54, 1.807) is 0 Å². The Morgan fingerprint density at radius 2 is 2.31 bits per heavy atom. The first kappa shape index (κ1) is 5.17. The highest BCUT2D eigenvalue weighted by atomic mass is 35.5. The number of halogens is 1. The number of aliphatic hydroxyl groups excluding tert-OH is 1. The summed E-state index contributed by atoms with van der Waals surface area (Å²) in [6.07, 6.45) is -9.01. The van der Waals surface area contributed by atoms with Crippen LogP contribution in [0.25, 0.3) is 0 Å². The van der Waals surface area contributed by atoms with Crippen molar-refractivity contribution in [3.8, 4) is 0 Å². The number of carbonyl (C=O) groups is 1. The van der Waals surface area contributed by atoms with Gasteiger partial charge in [0.25, 0.3) is 0 Å². The third kappa shape index (κ3) is 1.75. The first-order valence-corrected chi connectivity index (χ1v) is 4.85. The Labute approximate surface area is 110 Å². The average molecular weight is 248 g/mol. The lowest BCUT2D eigenvalue weighted by Crippen LogP contribution is -2.52. The molecule has 1 aliphatic rings. The summed E-state index contributed by atoms with van der Waals surface area (Å²) in [6.45, 7) is 0. The fourth-order valence-electron chi connectivity index (χ4n) is 1.50. The quantitative estimate of drug-likeness (QED) is 0.793. The van der Waals surface area contributed by atoms with Crippen LogP contribution in [0.4, 0.5) is 0 Å². The van der Waals surface area contributed by atoms with Crippen LogP contribution >= 0.6 is 11.6 Å². The predicted molar refractivity (Wildman–Crippen MR) is 62.2 cm³/mol. The third-order valence-corrected chi connectivity index (χ3v) is 2.67. The summed E-state index contributed by atoms with van der Waals surface area (Å²) in [5.41, 5.74) is 2.99. The highest BCUT2D eigenvalue weighted by molar-refractivity contribution is 6.31. The van der Waals surface area contributed by atoms with Gasteiger partial charge in [-0.05, 0) is 30.8 Å². The van der Waals surface area contributed by atoms with E-state index in [0.29, 0.717) is 0 Å². The fourth-order valence-corrected chi connectivity index (χ4v) is 1.76. The second-order valence-corrected chi connectivity index (χ2v) is 3.80. The maximum absolute atomic E-state index is 12.5. The van der Waals surface area contributed by atoms with E-state index < -0.39 is 71.3 Å². The lowest BCUT2D eigenvalue weighted by Gasteiger charge is -2.35. The molecule has 0 bridgehead atoms. The van der Waals surface area contributed by atoms with Gasteiger partial charge in [-0.1, -0.05) is 29.7 Å². The lowest BCUT2D eigenvalue weighted by molar-refractivity contribution is -0.136. The van der Waals surface area contributed by atoms with Crippen LogP contribution < -0.4 is 5.73 Å². The Morgan fingerprint density at radius 1 is 1.62 bits per heavy atom. The Hall–Kier alpha value is -0.900. The van der Waals surface area contributed by atoms with E-state index in [-0.39, 0.29) is 0 Å². The van der Waals surface area contributed by atoms with Crippen molar-refractivity contribution in [2.45, 2.75) is 30.8 Å². The van der Waals surface area contributed by atoms with Gasteiger partial charge in [0.05, 0.1) is 5.48 Å². The number of Topliss-reactive ketones (excluding diaryl/α,β-unsaturated/α-hetero) is 1. The second kappa shape index (κ2) is 4.17. The van der Waals surface area contributed by atoms with Crippen molar-refractivity contribution < 1.29 is 20.9 Å². The molecule has 0 amide bonds. The minimum atomic E-state index is -2.91. The van der Waals surface area contributed by atoms with E-state index in [1.165, 1.54) is 0 Å². The number of hydrogen-bond donors (Lipinski definition) is 2. The molecule has 0 heterocycles. The minimum absolute atomic E-state index is 0.557. The molecule has 2 atom stereocenters. The summed E-state index contributed by atoms with van der Waals surface area (Å²) < 4.78 is 61.7. The van der Waals surface area contributed by atoms with Crippen molar-refractivity contribution in [2.75, 3.05) is 0 Å². The molecule has 1 saturated carbocycles. The van der Waals surface area contributed by atoms with E-state index in [0.717, 1.165) is 0 Å². The molecule has 1 aromatic rings. The highest BCUT2D eigenvalue weighted by Crippen LogP contribution is 2.35. The van der Waals surface area contributed by atoms with Gasteiger partial charge < -0.3 is 10.8 Å². The number of aliphatic hydroxyl groups is 1. The van der Waals surface area contributed by atoms with Crippen LogP contribution in [-0.4, -0.2) is 17.0 Å². The van der Waals surface area contributed by atoms with Gasteiger partial charge in [0.15, 0.2) is 5.78 Å². The first-order valence-electron chi connectivity index (χ1n) is 8.47. The summed E-state index contributed by atoms with van der Waals surface area (Å²) in [6, 6.07) is -2.77. The Morgan fingerprint density at radius 3 is 3.06 bits per heavy atom. The predicted octanol–water partition coefficient (Wildman–Crippen LogP) is 1.61. The van der Waals surface area contributed by atoms with Gasteiger partial charge in [0.1, 0.15) is 11.6 Å². The molecule has 1 aromatic carbocycles. The molecule has 0 aromatic heterocycles. The van der Waals surface area contributed by atoms with Crippen molar-refractivity contribution in [1.82, 2.24) is 0 Å². The number of ketones is 1. The maximum Gasteiger partial charge on any atom is 0.185 e. The molecule has 4 heteroatoms. The van der Waals surface area contributed by atoms with Crippen molar-refractivity contribution in [3.05, 3.63) is 34.8 Å². The molecule has 0 saturated heterocycles. The Bertz CT molecular complexity index is 711. The lowest BCUT2D eigenvalue weighted by atomic mass is 9.75. The maximum atomic E-state index is 12.5. The minimum Gasteiger partial charge on any atom is -0.385 e. The van der Waals surface area contributed by atoms with Crippen molar-refractivity contribution in [2.24, 2.45) is 5.73 Å². The zero-order chi connectivity index (χ0) is 18.8. The summed E-state index contributed by atoms with van der Waals surface area (Å²) >= 11 is 5.94. The largest absolute Gasteiger partial charge is 0.385 e. The van der Waals surface area contributed by atoms with Gasteiger partial charge in [-0.2, -0.15) is 0 Å². The summed E-state index contributed by atoms with van der Waals surface area (Å²) in [5, 5.41) is 9.37. The number of nitrogens with two attached hydrogens (primary N) is 1. The molecule has 1 fully saturated rings. The van der Waals surface area contributed by atoms with Crippen molar-refractivity contribution >= 4 is 17.4 Å². The van der Waals surface area contributed by atoms with E-state index in [1.807, 2.05) is 0 Å². The second-order valence-electron chi connectivity index (χ2n) is 3.43. The van der Waals surface area contributed by atoms with E-state index in [4.69, 9.17) is 28.3 Å². The molecule has 1 aliphatic carbocycles. The van der Waals surface area contributed by atoms with Gasteiger partial charge in [-0.3, -0.25) is 4.79 Å². The Balaban J connectivity index is 2.80. The molecule has 2 unspecified atom stereocenters. The van der Waals surface area contributed by atoms with Crippen LogP contribution in [0.1, 0.15) is 35.7 Å². The summed E-state index contributed by atoms with van der Waals surface area (Å²) in [7, 11) is 0. The number of carbonyl (C=O) groups excluding carboxylic acids is 1. The molecular weight excluding hydrogens is 226 g/mol. The van der Waals surface area contributed by atoms with E-state index in [9.17, 15) is 9.90 Å². The van der Waals surface area contributed by atoms with Gasteiger partial charge in [-0.25, -0.2) is 0 Å². The Kier molecular flexibility index (Phi) is 1.35. The zero-order valence-corrected chi connectivity index (χ0v) is 8.85. The SMILES string of the molecule is [2H]c1c([2H])c([2H])c(C2(N)CC([2H])([2H])C([2H])([2H])C(O)C2=O)c(Cl)c1[2H]. The summed E-state index contributed by atoms with van der Waals surface area (Å²) in [4.78, 5) is 12.5. The summed E-state index contributed by atoms with van der Waals surface area (Å²) in [5.74, 6) is -1.30. The normalized spacial score (nSPS) is 43.9. The van der Waals surface area contributed by atoms with E-state index >= 15 is 0 Å². The molecule has 86 valence electrons. The molecule has 3 N–H and O–H groups in total. The fraction of sp³-hybridized carbons (Fsp3) is 0.417. The smallest absolute Gasteiger partial charge is 0.185 e. The standard InChI is InChI=1S/C12H14ClNO2/c13-9-5-2-1-4-8(9)12(14)7-3-6-10(15)11(12)16/h1-2,4-5,10,15H,3,6-7,14H2/i1D,2D,3D2,4D,5D,6D2. The van der Waals surface area contributed by atoms with Gasteiger partial charge >= 0.3 is 0 Å². The van der Waals surface area contributed by atoms with Crippen LogP contribution in [0.3, 0.4) is 0 Å². The van der Waals surface area contributed by atoms with Crippen LogP contribution in [0.2, 0.25) is 5.02 Å². The monoisotopic (exact) mass is 247 g/mol. The highest BCUT2D eigenvalue weighted by Gasteiger charge is 2.43. The van der Waals surface area contributed by atoms with Crippen molar-refractivity contribution in [3.63, 3.8) is 0 Å². The number of rotatable bonds is 1. The van der Waals surface area contributed by atoms with Gasteiger partial charge in [-0.15, -0.1) is 0 Å². The van der Waals surface area contributed by atoms with Crippen molar-refractivity contribution in [1.29, 1.82) is 0 Å². The topological polar surface area (TPSA) is 63.3 Å². The van der Waals surface area contributed by atoms with Gasteiger partial charge in [0, 0.05) is 10.5 Å². The molecular formula is C12H14ClNO2. The van der Waals surface area contributed by atoms with Crippen LogP contribution in [0.15, 0.2) is 24.2 Å². The first-order chi connectivity index (χ1) is 10.7. The third-order valence-electron chi connectivity index (χ3n) is 2.38. The number of hydrogen-bond acceptors (Lipinski definition) is 3. The molecule has 0 radical (unpaired) electrons.